The number of rotatable bonds is 4. The van der Waals surface area contributed by atoms with E-state index in [1.807, 2.05) is 0 Å². The molecule has 1 atom stereocenters. The van der Waals surface area contributed by atoms with Crippen LogP contribution in [0.1, 0.15) is 11.7 Å². The predicted molar refractivity (Wildman–Crippen MR) is 79.8 cm³/mol. The first-order chi connectivity index (χ1) is 10.5. The summed E-state index contributed by atoms with van der Waals surface area (Å²) in [5.41, 5.74) is 0.428. The van der Waals surface area contributed by atoms with E-state index in [9.17, 15) is 18.7 Å². The Bertz CT molecular complexity index is 665. The van der Waals surface area contributed by atoms with Gasteiger partial charge in [-0.2, -0.15) is 0 Å². The molecule has 0 spiro atoms. The van der Waals surface area contributed by atoms with Crippen molar-refractivity contribution in [3.05, 3.63) is 64.7 Å². The van der Waals surface area contributed by atoms with Gasteiger partial charge >= 0.3 is 6.03 Å². The topological polar surface area (TPSA) is 61.4 Å². The van der Waals surface area contributed by atoms with Crippen molar-refractivity contribution < 1.29 is 18.7 Å². The minimum Gasteiger partial charge on any atom is -0.387 e. The van der Waals surface area contributed by atoms with E-state index in [-0.39, 0.29) is 12.2 Å². The summed E-state index contributed by atoms with van der Waals surface area (Å²) in [6, 6.07) is 8.60. The summed E-state index contributed by atoms with van der Waals surface area (Å²) in [5, 5.41) is 15.1. The Hall–Kier alpha value is -2.18. The van der Waals surface area contributed by atoms with Gasteiger partial charge in [-0.15, -0.1) is 0 Å². The molecule has 0 bridgehead atoms. The van der Waals surface area contributed by atoms with Crippen molar-refractivity contribution in [3.8, 4) is 0 Å². The average Bonchev–Trinajstić information content (AvgIpc) is 2.48. The van der Waals surface area contributed by atoms with Crippen LogP contribution in [0.25, 0.3) is 0 Å². The van der Waals surface area contributed by atoms with Gasteiger partial charge in [0.1, 0.15) is 11.6 Å². The van der Waals surface area contributed by atoms with Crippen molar-refractivity contribution in [1.29, 1.82) is 0 Å². The molecule has 0 heterocycles. The number of amides is 2. The molecule has 0 aliphatic carbocycles. The second kappa shape index (κ2) is 7.20. The molecule has 3 N–H and O–H groups in total. The Morgan fingerprint density at radius 1 is 1.18 bits per heavy atom. The largest absolute Gasteiger partial charge is 0.387 e. The van der Waals surface area contributed by atoms with E-state index in [1.165, 1.54) is 0 Å². The summed E-state index contributed by atoms with van der Waals surface area (Å²) in [5.74, 6) is -1.62. The summed E-state index contributed by atoms with van der Waals surface area (Å²) in [7, 11) is 0. The van der Waals surface area contributed by atoms with Gasteiger partial charge in [0.25, 0.3) is 0 Å². The minimum absolute atomic E-state index is 0.0731. The fourth-order valence-electron chi connectivity index (χ4n) is 1.75. The van der Waals surface area contributed by atoms with Gasteiger partial charge in [-0.05, 0) is 29.8 Å². The van der Waals surface area contributed by atoms with Crippen molar-refractivity contribution in [2.75, 3.05) is 11.9 Å². The third-order valence-electron chi connectivity index (χ3n) is 2.89. The number of halogens is 3. The molecular weight excluding hydrogens is 314 g/mol. The van der Waals surface area contributed by atoms with Gasteiger partial charge in [-0.25, -0.2) is 13.6 Å². The van der Waals surface area contributed by atoms with E-state index in [1.54, 1.807) is 24.3 Å². The highest BCUT2D eigenvalue weighted by molar-refractivity contribution is 6.30. The molecule has 1 unspecified atom stereocenters. The molecule has 2 rings (SSSR count). The lowest BCUT2D eigenvalue weighted by Gasteiger charge is -2.13. The highest BCUT2D eigenvalue weighted by Gasteiger charge is 2.11. The molecule has 0 saturated heterocycles. The zero-order valence-electron chi connectivity index (χ0n) is 11.3. The van der Waals surface area contributed by atoms with E-state index in [2.05, 4.69) is 10.6 Å². The van der Waals surface area contributed by atoms with Crippen LogP contribution in [0.3, 0.4) is 0 Å². The van der Waals surface area contributed by atoms with Crippen molar-refractivity contribution in [3.63, 3.8) is 0 Å². The van der Waals surface area contributed by atoms with E-state index in [0.717, 1.165) is 12.1 Å². The maximum Gasteiger partial charge on any atom is 0.319 e. The standard InChI is InChI=1S/C15H13ClF2N2O2/c16-10-3-1-9(2-4-10)14(21)8-19-15(22)20-13-6-5-11(17)7-12(13)18/h1-7,14,21H,8H2,(H2,19,20,22). The zero-order chi connectivity index (χ0) is 16.1. The molecule has 2 amide bonds. The van der Waals surface area contributed by atoms with E-state index in [0.29, 0.717) is 16.7 Å². The molecule has 22 heavy (non-hydrogen) atoms. The number of anilines is 1. The highest BCUT2D eigenvalue weighted by Crippen LogP contribution is 2.16. The zero-order valence-corrected chi connectivity index (χ0v) is 12.1. The molecule has 0 aromatic heterocycles. The fourth-order valence-corrected chi connectivity index (χ4v) is 1.88. The number of urea groups is 1. The van der Waals surface area contributed by atoms with Crippen LogP contribution in [-0.4, -0.2) is 17.7 Å². The van der Waals surface area contributed by atoms with Crippen LogP contribution in [0.2, 0.25) is 5.02 Å². The van der Waals surface area contributed by atoms with Crippen molar-refractivity contribution in [2.24, 2.45) is 0 Å². The fraction of sp³-hybridized carbons (Fsp3) is 0.133. The lowest BCUT2D eigenvalue weighted by atomic mass is 10.1. The number of aliphatic hydroxyl groups excluding tert-OH is 1. The lowest BCUT2D eigenvalue weighted by Crippen LogP contribution is -2.32. The van der Waals surface area contributed by atoms with Crippen LogP contribution in [0.4, 0.5) is 19.3 Å². The Kier molecular flexibility index (Phi) is 5.30. The van der Waals surface area contributed by atoms with Crippen molar-refractivity contribution in [1.82, 2.24) is 5.32 Å². The molecule has 7 heteroatoms. The van der Waals surface area contributed by atoms with Crippen LogP contribution in [0, 0.1) is 11.6 Å². The number of benzene rings is 2. The van der Waals surface area contributed by atoms with Crippen LogP contribution in [-0.2, 0) is 0 Å². The third-order valence-corrected chi connectivity index (χ3v) is 3.14. The lowest BCUT2D eigenvalue weighted by molar-refractivity contribution is 0.175. The van der Waals surface area contributed by atoms with Gasteiger partial charge in [0, 0.05) is 17.6 Å². The average molecular weight is 327 g/mol. The Labute approximate surface area is 130 Å². The van der Waals surface area contributed by atoms with E-state index < -0.39 is 23.8 Å². The monoisotopic (exact) mass is 326 g/mol. The molecule has 2 aromatic carbocycles. The number of hydrogen-bond acceptors (Lipinski definition) is 2. The SMILES string of the molecule is O=C(NCC(O)c1ccc(Cl)cc1)Nc1ccc(F)cc1F. The number of carbonyl (C=O) groups excluding carboxylic acids is 1. The Morgan fingerprint density at radius 3 is 2.50 bits per heavy atom. The Balaban J connectivity index is 1.88. The number of carbonyl (C=O) groups is 1. The quantitative estimate of drug-likeness (QED) is 0.805. The van der Waals surface area contributed by atoms with Crippen molar-refractivity contribution >= 4 is 23.3 Å². The highest BCUT2D eigenvalue weighted by atomic mass is 35.5. The molecule has 0 radical (unpaired) electrons. The second-order valence-electron chi connectivity index (χ2n) is 4.53. The van der Waals surface area contributed by atoms with Crippen molar-refractivity contribution in [2.45, 2.75) is 6.10 Å². The Morgan fingerprint density at radius 2 is 1.86 bits per heavy atom. The van der Waals surface area contributed by atoms with Crippen LogP contribution in [0.15, 0.2) is 42.5 Å². The maximum atomic E-state index is 13.4. The van der Waals surface area contributed by atoms with Gasteiger partial charge in [0.15, 0.2) is 0 Å². The minimum atomic E-state index is -0.930. The second-order valence-corrected chi connectivity index (χ2v) is 4.96. The summed E-state index contributed by atoms with van der Waals surface area (Å²) < 4.78 is 26.1. The molecule has 0 saturated carbocycles. The third kappa shape index (κ3) is 4.41. The van der Waals surface area contributed by atoms with E-state index in [4.69, 9.17) is 11.6 Å². The van der Waals surface area contributed by atoms with E-state index >= 15 is 0 Å². The smallest absolute Gasteiger partial charge is 0.319 e. The summed E-state index contributed by atoms with van der Waals surface area (Å²) in [4.78, 5) is 11.6. The van der Waals surface area contributed by atoms with Crippen LogP contribution < -0.4 is 10.6 Å². The number of nitrogens with one attached hydrogen (secondary N) is 2. The normalized spacial score (nSPS) is 11.8. The predicted octanol–water partition coefficient (Wildman–Crippen LogP) is 3.47. The van der Waals surface area contributed by atoms with Crippen LogP contribution >= 0.6 is 11.6 Å². The molecule has 0 aliphatic heterocycles. The first-order valence-electron chi connectivity index (χ1n) is 6.39. The molecule has 4 nitrogen and oxygen atoms in total. The maximum absolute atomic E-state index is 13.4. The molecule has 0 aliphatic rings. The molecule has 116 valence electrons. The number of aliphatic hydroxyl groups is 1. The van der Waals surface area contributed by atoms with Gasteiger partial charge in [-0.3, -0.25) is 0 Å². The van der Waals surface area contributed by atoms with Crippen LogP contribution in [0.5, 0.6) is 0 Å². The summed E-state index contributed by atoms with van der Waals surface area (Å²) in [6.45, 7) is -0.0731. The molecular formula is C15H13ClF2N2O2. The van der Waals surface area contributed by atoms with Gasteiger partial charge < -0.3 is 15.7 Å². The first-order valence-corrected chi connectivity index (χ1v) is 6.77. The molecule has 2 aromatic rings. The number of hydrogen-bond donors (Lipinski definition) is 3. The molecule has 0 fully saturated rings. The van der Waals surface area contributed by atoms with Gasteiger partial charge in [0.2, 0.25) is 0 Å². The first kappa shape index (κ1) is 16.2. The van der Waals surface area contributed by atoms with Gasteiger partial charge in [-0.1, -0.05) is 23.7 Å². The van der Waals surface area contributed by atoms with Gasteiger partial charge in [0.05, 0.1) is 11.8 Å². The summed E-state index contributed by atoms with van der Waals surface area (Å²) >= 11 is 5.74. The summed E-state index contributed by atoms with van der Waals surface area (Å²) in [6.07, 6.45) is -0.930.